The fraction of sp³-hybridized carbons (Fsp3) is 0.257. The number of rotatable bonds is 13. The fourth-order valence-corrected chi connectivity index (χ4v) is 6.37. The van der Waals surface area contributed by atoms with E-state index in [9.17, 15) is 18.0 Å². The van der Waals surface area contributed by atoms with Crippen LogP contribution in [0.25, 0.3) is 0 Å². The van der Waals surface area contributed by atoms with Gasteiger partial charge in [-0.2, -0.15) is 0 Å². The largest absolute Gasteiger partial charge is 0.497 e. The molecule has 0 radical (unpaired) electrons. The molecule has 0 saturated heterocycles. The number of methoxy groups -OCH3 is 2. The summed E-state index contributed by atoms with van der Waals surface area (Å²) in [5.74, 6) is -0.324. The lowest BCUT2D eigenvalue weighted by Gasteiger charge is -2.34. The van der Waals surface area contributed by atoms with Crippen LogP contribution >= 0.6 is 0 Å². The predicted octanol–water partition coefficient (Wildman–Crippen LogP) is 4.90. The van der Waals surface area contributed by atoms with Gasteiger partial charge in [0.2, 0.25) is 11.8 Å². The third-order valence-corrected chi connectivity index (χ3v) is 9.31. The van der Waals surface area contributed by atoms with Crippen molar-refractivity contribution in [2.45, 2.75) is 37.8 Å². The molecule has 0 spiro atoms. The second-order valence-corrected chi connectivity index (χ2v) is 12.6. The van der Waals surface area contributed by atoms with E-state index in [0.717, 1.165) is 26.6 Å². The highest BCUT2D eigenvalue weighted by Crippen LogP contribution is 2.36. The van der Waals surface area contributed by atoms with Crippen molar-refractivity contribution in [3.63, 3.8) is 0 Å². The molecule has 0 aromatic heterocycles. The van der Waals surface area contributed by atoms with Crippen molar-refractivity contribution in [2.24, 2.45) is 0 Å². The van der Waals surface area contributed by atoms with Gasteiger partial charge in [0.25, 0.3) is 10.0 Å². The summed E-state index contributed by atoms with van der Waals surface area (Å²) in [6.07, 6.45) is 0.227. The van der Waals surface area contributed by atoms with E-state index in [4.69, 9.17) is 9.47 Å². The molecule has 10 heteroatoms. The normalized spacial score (nSPS) is 11.8. The van der Waals surface area contributed by atoms with Gasteiger partial charge in [0.05, 0.1) is 24.8 Å². The lowest BCUT2D eigenvalue weighted by Crippen LogP contribution is -2.53. The first-order chi connectivity index (χ1) is 21.6. The first-order valence-electron chi connectivity index (χ1n) is 14.5. The SMILES string of the molecule is CNC(=O)[C@@H](Cc1ccccc1)N(Cc1ccc(C)cc1)C(=O)CN(c1cc(OC)ccc1OC)S(=O)(=O)c1ccc(C)cc1. The van der Waals surface area contributed by atoms with Gasteiger partial charge in [0.15, 0.2) is 0 Å². The molecule has 1 atom stereocenters. The molecule has 4 rings (SSSR count). The number of aryl methyl sites for hydroxylation is 2. The van der Waals surface area contributed by atoms with E-state index in [1.807, 2.05) is 68.4 Å². The Labute approximate surface area is 265 Å². The summed E-state index contributed by atoms with van der Waals surface area (Å²) in [6.45, 7) is 3.30. The van der Waals surface area contributed by atoms with E-state index in [2.05, 4.69) is 5.32 Å². The second-order valence-electron chi connectivity index (χ2n) is 10.7. The Bertz CT molecular complexity index is 1710. The minimum absolute atomic E-state index is 0.00277. The smallest absolute Gasteiger partial charge is 0.264 e. The van der Waals surface area contributed by atoms with Crippen LogP contribution in [0.2, 0.25) is 0 Å². The molecule has 45 heavy (non-hydrogen) atoms. The van der Waals surface area contributed by atoms with Crippen LogP contribution in [-0.4, -0.2) is 59.0 Å². The Hall–Kier alpha value is -4.83. The maximum Gasteiger partial charge on any atom is 0.264 e. The molecule has 9 nitrogen and oxygen atoms in total. The zero-order valence-electron chi connectivity index (χ0n) is 26.2. The molecule has 0 aliphatic heterocycles. The number of likely N-dealkylation sites (N-methyl/N-ethyl adjacent to an activating group) is 1. The van der Waals surface area contributed by atoms with E-state index in [-0.39, 0.29) is 35.2 Å². The summed E-state index contributed by atoms with van der Waals surface area (Å²) in [5.41, 5.74) is 3.70. The molecule has 1 N–H and O–H groups in total. The molecular weight excluding hydrogens is 590 g/mol. The molecule has 4 aromatic rings. The third-order valence-electron chi connectivity index (χ3n) is 7.53. The number of hydrogen-bond acceptors (Lipinski definition) is 6. The highest BCUT2D eigenvalue weighted by molar-refractivity contribution is 7.92. The standard InChI is InChI=1S/C35H39N3O6S/c1-25-11-15-28(16-12-25)23-37(32(35(40)36-3)21-27-9-7-6-8-10-27)34(39)24-38(31-22-29(43-4)17-20-33(31)44-5)45(41,42)30-18-13-26(2)14-19-30/h6-20,22,32H,21,23-24H2,1-5H3,(H,36,40)/t32-/m1/s1. The summed E-state index contributed by atoms with van der Waals surface area (Å²) in [7, 11) is 0.116. The van der Waals surface area contributed by atoms with E-state index in [1.54, 1.807) is 24.3 Å². The molecule has 4 aromatic carbocycles. The highest BCUT2D eigenvalue weighted by atomic mass is 32.2. The van der Waals surface area contributed by atoms with E-state index >= 15 is 0 Å². The lowest BCUT2D eigenvalue weighted by atomic mass is 10.0. The lowest BCUT2D eigenvalue weighted by molar-refractivity contribution is -0.139. The number of hydrogen-bond donors (Lipinski definition) is 1. The molecule has 0 bridgehead atoms. The summed E-state index contributed by atoms with van der Waals surface area (Å²) in [5, 5.41) is 2.69. The van der Waals surface area contributed by atoms with E-state index in [1.165, 1.54) is 44.4 Å². The number of anilines is 1. The Morgan fingerprint density at radius 1 is 0.800 bits per heavy atom. The summed E-state index contributed by atoms with van der Waals surface area (Å²) in [4.78, 5) is 29.4. The summed E-state index contributed by atoms with van der Waals surface area (Å²) < 4.78 is 40.6. The topological polar surface area (TPSA) is 105 Å². The van der Waals surface area contributed by atoms with Crippen LogP contribution in [0, 0.1) is 13.8 Å². The molecule has 0 unspecified atom stereocenters. The van der Waals surface area contributed by atoms with Gasteiger partial charge in [-0.25, -0.2) is 8.42 Å². The summed E-state index contributed by atoms with van der Waals surface area (Å²) >= 11 is 0. The number of amides is 2. The van der Waals surface area contributed by atoms with Crippen molar-refractivity contribution in [1.29, 1.82) is 0 Å². The predicted molar refractivity (Wildman–Crippen MR) is 175 cm³/mol. The van der Waals surface area contributed by atoms with Crippen LogP contribution in [-0.2, 0) is 32.6 Å². The van der Waals surface area contributed by atoms with Crippen molar-refractivity contribution in [2.75, 3.05) is 32.1 Å². The average Bonchev–Trinajstić information content (AvgIpc) is 3.05. The van der Waals surface area contributed by atoms with Crippen molar-refractivity contribution in [3.8, 4) is 11.5 Å². The van der Waals surface area contributed by atoms with Gasteiger partial charge in [-0.3, -0.25) is 13.9 Å². The van der Waals surface area contributed by atoms with Crippen molar-refractivity contribution < 1.29 is 27.5 Å². The molecule has 2 amide bonds. The number of sulfonamides is 1. The van der Waals surface area contributed by atoms with Crippen LogP contribution in [0.15, 0.2) is 102 Å². The van der Waals surface area contributed by atoms with Crippen molar-refractivity contribution in [1.82, 2.24) is 10.2 Å². The monoisotopic (exact) mass is 629 g/mol. The van der Waals surface area contributed by atoms with Crippen LogP contribution in [0.4, 0.5) is 5.69 Å². The van der Waals surface area contributed by atoms with Gasteiger partial charge in [0.1, 0.15) is 24.1 Å². The van der Waals surface area contributed by atoms with Gasteiger partial charge >= 0.3 is 0 Å². The maximum atomic E-state index is 14.5. The minimum atomic E-state index is -4.30. The van der Waals surface area contributed by atoms with Gasteiger partial charge in [-0.15, -0.1) is 0 Å². The van der Waals surface area contributed by atoms with Crippen LogP contribution in [0.1, 0.15) is 22.3 Å². The molecule has 0 saturated carbocycles. The molecular formula is C35H39N3O6S. The molecule has 0 aliphatic rings. The first-order valence-corrected chi connectivity index (χ1v) is 15.9. The zero-order chi connectivity index (χ0) is 32.6. The Kier molecular flexibility index (Phi) is 10.9. The van der Waals surface area contributed by atoms with Gasteiger partial charge < -0.3 is 19.7 Å². The fourth-order valence-electron chi connectivity index (χ4n) is 4.95. The Balaban J connectivity index is 1.85. The number of benzene rings is 4. The maximum absolute atomic E-state index is 14.5. The number of ether oxygens (including phenoxy) is 2. The highest BCUT2D eigenvalue weighted by Gasteiger charge is 2.35. The third kappa shape index (κ3) is 8.02. The molecule has 0 heterocycles. The Morgan fingerprint density at radius 3 is 2.00 bits per heavy atom. The number of carbonyl (C=O) groups excluding carboxylic acids is 2. The van der Waals surface area contributed by atoms with Gasteiger partial charge in [0, 0.05) is 26.1 Å². The van der Waals surface area contributed by atoms with Crippen LogP contribution < -0.4 is 19.1 Å². The molecule has 0 fully saturated rings. The average molecular weight is 630 g/mol. The van der Waals surface area contributed by atoms with Crippen molar-refractivity contribution >= 4 is 27.5 Å². The first kappa shape index (κ1) is 33.1. The van der Waals surface area contributed by atoms with Gasteiger partial charge in [-0.1, -0.05) is 77.9 Å². The number of carbonyl (C=O) groups is 2. The van der Waals surface area contributed by atoms with E-state index in [0.29, 0.717) is 5.75 Å². The second kappa shape index (κ2) is 14.8. The minimum Gasteiger partial charge on any atom is -0.497 e. The van der Waals surface area contributed by atoms with E-state index < -0.39 is 28.5 Å². The van der Waals surface area contributed by atoms with Crippen LogP contribution in [0.5, 0.6) is 11.5 Å². The zero-order valence-corrected chi connectivity index (χ0v) is 27.0. The number of nitrogens with one attached hydrogen (secondary N) is 1. The summed E-state index contributed by atoms with van der Waals surface area (Å²) in [6, 6.07) is 27.3. The Morgan fingerprint density at radius 2 is 1.42 bits per heavy atom. The van der Waals surface area contributed by atoms with Crippen LogP contribution in [0.3, 0.4) is 0 Å². The van der Waals surface area contributed by atoms with Crippen molar-refractivity contribution in [3.05, 3.63) is 119 Å². The van der Waals surface area contributed by atoms with Gasteiger partial charge in [-0.05, 0) is 49.2 Å². The number of nitrogens with zero attached hydrogens (tertiary/aromatic N) is 2. The molecule has 0 aliphatic carbocycles. The quantitative estimate of drug-likeness (QED) is 0.226. The molecule has 236 valence electrons.